The number of halogens is 1. The average Bonchev–Trinajstić information content (AvgIpc) is 2.49. The van der Waals surface area contributed by atoms with Crippen LogP contribution in [-0.4, -0.2) is 23.0 Å². The molecule has 0 saturated carbocycles. The fourth-order valence-electron chi connectivity index (χ4n) is 0.940. The Bertz CT molecular complexity index is 252. The largest absolute Gasteiger partial charge is 0.307 e. The summed E-state index contributed by atoms with van der Waals surface area (Å²) in [5, 5.41) is 4.44. The normalized spacial score (nSPS) is 13.2. The predicted octanol–water partition coefficient (Wildman–Crippen LogP) is 2.64. The molecule has 0 amide bonds. The topological polar surface area (TPSA) is 24.9 Å². The van der Waals surface area contributed by atoms with Crippen LogP contribution >= 0.6 is 34.7 Å². The van der Waals surface area contributed by atoms with E-state index in [-0.39, 0.29) is 0 Å². The van der Waals surface area contributed by atoms with E-state index in [1.807, 2.05) is 11.8 Å². The molecule has 0 saturated heterocycles. The lowest BCUT2D eigenvalue weighted by Crippen LogP contribution is -2.27. The molecule has 2 nitrogen and oxygen atoms in total. The Hall–Kier alpha value is 0.230. The van der Waals surface area contributed by atoms with Crippen LogP contribution in [-0.2, 0) is 6.54 Å². The molecule has 1 aromatic heterocycles. The minimum absolute atomic E-state index is 0.526. The number of aromatic nitrogens is 1. The number of thiazole rings is 1. The standard InChI is InChI=1S/C8H13ClN2S2/c1-6(5-12-2)10-4-8-11-3-7(9)13-8/h3,6,10H,4-5H2,1-2H3. The summed E-state index contributed by atoms with van der Waals surface area (Å²) in [6, 6.07) is 0.526. The molecule has 0 radical (unpaired) electrons. The van der Waals surface area contributed by atoms with Gasteiger partial charge in [0.1, 0.15) is 9.34 Å². The van der Waals surface area contributed by atoms with Gasteiger partial charge in [0.25, 0.3) is 0 Å². The van der Waals surface area contributed by atoms with Crippen LogP contribution < -0.4 is 5.32 Å². The molecule has 0 aliphatic heterocycles. The Morgan fingerprint density at radius 3 is 3.08 bits per heavy atom. The molecule has 1 unspecified atom stereocenters. The van der Waals surface area contributed by atoms with Crippen molar-refractivity contribution in [1.29, 1.82) is 0 Å². The van der Waals surface area contributed by atoms with Gasteiger partial charge in [-0.1, -0.05) is 11.6 Å². The van der Waals surface area contributed by atoms with Gasteiger partial charge in [-0.3, -0.25) is 0 Å². The second-order valence-corrected chi connectivity index (χ2v) is 5.45. The van der Waals surface area contributed by atoms with E-state index in [1.54, 1.807) is 6.20 Å². The summed E-state index contributed by atoms with van der Waals surface area (Å²) in [5.74, 6) is 1.12. The van der Waals surface area contributed by atoms with E-state index >= 15 is 0 Å². The van der Waals surface area contributed by atoms with Crippen LogP contribution in [0.25, 0.3) is 0 Å². The van der Waals surface area contributed by atoms with Gasteiger partial charge in [0.2, 0.25) is 0 Å². The third-order valence-corrected chi connectivity index (χ3v) is 3.49. The molecule has 0 fully saturated rings. The van der Waals surface area contributed by atoms with Crippen LogP contribution in [0.2, 0.25) is 4.34 Å². The van der Waals surface area contributed by atoms with Gasteiger partial charge in [0.05, 0.1) is 6.20 Å². The fraction of sp³-hybridized carbons (Fsp3) is 0.625. The Morgan fingerprint density at radius 2 is 2.54 bits per heavy atom. The Morgan fingerprint density at radius 1 is 1.77 bits per heavy atom. The maximum atomic E-state index is 5.76. The molecule has 74 valence electrons. The third-order valence-electron chi connectivity index (χ3n) is 1.54. The lowest BCUT2D eigenvalue weighted by molar-refractivity contribution is 0.594. The molecule has 1 aromatic rings. The van der Waals surface area contributed by atoms with E-state index in [4.69, 9.17) is 11.6 Å². The summed E-state index contributed by atoms with van der Waals surface area (Å²) in [7, 11) is 0. The first-order valence-electron chi connectivity index (χ1n) is 4.05. The highest BCUT2D eigenvalue weighted by atomic mass is 35.5. The van der Waals surface area contributed by atoms with Crippen LogP contribution in [0.3, 0.4) is 0 Å². The minimum Gasteiger partial charge on any atom is -0.307 e. The van der Waals surface area contributed by atoms with Crippen molar-refractivity contribution in [3.8, 4) is 0 Å². The zero-order valence-electron chi connectivity index (χ0n) is 7.71. The highest BCUT2D eigenvalue weighted by Crippen LogP contribution is 2.17. The first-order valence-corrected chi connectivity index (χ1v) is 6.63. The molecule has 0 aliphatic rings. The summed E-state index contributed by atoms with van der Waals surface area (Å²) >= 11 is 9.14. The molecule has 1 N–H and O–H groups in total. The van der Waals surface area contributed by atoms with Gasteiger partial charge in [-0.2, -0.15) is 11.8 Å². The molecule has 0 aromatic carbocycles. The zero-order chi connectivity index (χ0) is 9.68. The van der Waals surface area contributed by atoms with Crippen LogP contribution in [0, 0.1) is 0 Å². The molecule has 0 bridgehead atoms. The van der Waals surface area contributed by atoms with Gasteiger partial charge in [0.15, 0.2) is 0 Å². The number of rotatable bonds is 5. The number of nitrogens with zero attached hydrogens (tertiary/aromatic N) is 1. The van der Waals surface area contributed by atoms with Crippen LogP contribution in [0.5, 0.6) is 0 Å². The van der Waals surface area contributed by atoms with E-state index in [1.165, 1.54) is 11.3 Å². The summed E-state index contributed by atoms with van der Waals surface area (Å²) in [5.41, 5.74) is 0. The van der Waals surface area contributed by atoms with Crippen LogP contribution in [0.15, 0.2) is 6.20 Å². The van der Waals surface area contributed by atoms with Gasteiger partial charge in [0, 0.05) is 18.3 Å². The molecule has 13 heavy (non-hydrogen) atoms. The number of nitrogens with one attached hydrogen (secondary N) is 1. The minimum atomic E-state index is 0.526. The van der Waals surface area contributed by atoms with Gasteiger partial charge < -0.3 is 5.32 Å². The molecule has 5 heteroatoms. The van der Waals surface area contributed by atoms with E-state index in [2.05, 4.69) is 23.5 Å². The number of hydrogen-bond donors (Lipinski definition) is 1. The molecular formula is C8H13ClN2S2. The first-order chi connectivity index (χ1) is 6.22. The quantitative estimate of drug-likeness (QED) is 0.851. The van der Waals surface area contributed by atoms with Gasteiger partial charge in [-0.05, 0) is 13.2 Å². The lowest BCUT2D eigenvalue weighted by Gasteiger charge is -2.10. The van der Waals surface area contributed by atoms with E-state index in [0.29, 0.717) is 6.04 Å². The highest BCUT2D eigenvalue weighted by Gasteiger charge is 2.02. The molecule has 0 aliphatic carbocycles. The molecule has 0 spiro atoms. The maximum Gasteiger partial charge on any atom is 0.113 e. The fourth-order valence-corrected chi connectivity index (χ4v) is 2.47. The highest BCUT2D eigenvalue weighted by molar-refractivity contribution is 7.98. The summed E-state index contributed by atoms with van der Waals surface area (Å²) < 4.78 is 0.759. The van der Waals surface area contributed by atoms with Crippen molar-refractivity contribution >= 4 is 34.7 Å². The third kappa shape index (κ3) is 4.31. The monoisotopic (exact) mass is 236 g/mol. The summed E-state index contributed by atoms with van der Waals surface area (Å²) in [6.07, 6.45) is 3.81. The molecule has 1 atom stereocenters. The molecule has 1 rings (SSSR count). The van der Waals surface area contributed by atoms with Crippen molar-refractivity contribution in [2.24, 2.45) is 0 Å². The Kier molecular flexibility index (Phi) is 5.09. The van der Waals surface area contributed by atoms with Crippen molar-refractivity contribution in [1.82, 2.24) is 10.3 Å². The number of thioether (sulfide) groups is 1. The number of hydrogen-bond acceptors (Lipinski definition) is 4. The zero-order valence-corrected chi connectivity index (χ0v) is 10.1. The maximum absolute atomic E-state index is 5.76. The lowest BCUT2D eigenvalue weighted by atomic mass is 10.4. The van der Waals surface area contributed by atoms with Crippen LogP contribution in [0.4, 0.5) is 0 Å². The van der Waals surface area contributed by atoms with Gasteiger partial charge in [-0.15, -0.1) is 11.3 Å². The second-order valence-electron chi connectivity index (χ2n) is 2.80. The predicted molar refractivity (Wildman–Crippen MR) is 61.8 cm³/mol. The first kappa shape index (κ1) is 11.3. The Labute approximate surface area is 92.1 Å². The summed E-state index contributed by atoms with van der Waals surface area (Å²) in [4.78, 5) is 4.17. The SMILES string of the molecule is CSCC(C)NCc1ncc(Cl)s1. The molecule has 1 heterocycles. The van der Waals surface area contributed by atoms with Crippen molar-refractivity contribution in [3.63, 3.8) is 0 Å². The van der Waals surface area contributed by atoms with Gasteiger partial charge >= 0.3 is 0 Å². The smallest absolute Gasteiger partial charge is 0.113 e. The van der Waals surface area contributed by atoms with Crippen molar-refractivity contribution in [2.45, 2.75) is 19.5 Å². The Balaban J connectivity index is 2.26. The second kappa shape index (κ2) is 5.86. The summed E-state index contributed by atoms with van der Waals surface area (Å²) in [6.45, 7) is 2.99. The van der Waals surface area contributed by atoms with E-state index < -0.39 is 0 Å². The van der Waals surface area contributed by atoms with Crippen LogP contribution in [0.1, 0.15) is 11.9 Å². The van der Waals surface area contributed by atoms with E-state index in [9.17, 15) is 0 Å². The van der Waals surface area contributed by atoms with Crippen molar-refractivity contribution < 1.29 is 0 Å². The van der Waals surface area contributed by atoms with Crippen molar-refractivity contribution in [2.75, 3.05) is 12.0 Å². The molecular weight excluding hydrogens is 224 g/mol. The average molecular weight is 237 g/mol. The van der Waals surface area contributed by atoms with Crippen molar-refractivity contribution in [3.05, 3.63) is 15.5 Å². The van der Waals surface area contributed by atoms with E-state index in [0.717, 1.165) is 21.6 Å². The van der Waals surface area contributed by atoms with Gasteiger partial charge in [-0.25, -0.2) is 4.98 Å².